The molecule has 1 aromatic heterocycles. The summed E-state index contributed by atoms with van der Waals surface area (Å²) in [5.74, 6) is 0.776. The van der Waals surface area contributed by atoms with Gasteiger partial charge < -0.3 is 14.5 Å². The number of anilines is 1. The predicted molar refractivity (Wildman–Crippen MR) is 93.3 cm³/mol. The molecule has 0 atom stereocenters. The molecule has 1 heterocycles. The van der Waals surface area contributed by atoms with Crippen LogP contribution in [-0.2, 0) is 17.7 Å². The highest BCUT2D eigenvalue weighted by Crippen LogP contribution is 2.13. The van der Waals surface area contributed by atoms with Gasteiger partial charge in [-0.2, -0.15) is 0 Å². The molecule has 0 radical (unpaired) electrons. The minimum Gasteiger partial charge on any atom is -0.462 e. The lowest BCUT2D eigenvalue weighted by Gasteiger charge is -2.05. The van der Waals surface area contributed by atoms with E-state index in [4.69, 9.17) is 9.15 Å². The fraction of sp³-hybridized carbons (Fsp3) is 0.211. The van der Waals surface area contributed by atoms with Crippen LogP contribution in [0.4, 0.5) is 5.69 Å². The Morgan fingerprint density at radius 3 is 2.48 bits per heavy atom. The quantitative estimate of drug-likeness (QED) is 0.665. The topological polar surface area (TPSA) is 77.2 Å². The molecule has 3 aromatic rings. The van der Waals surface area contributed by atoms with Gasteiger partial charge in [0.1, 0.15) is 0 Å². The van der Waals surface area contributed by atoms with Crippen molar-refractivity contribution in [2.45, 2.75) is 19.9 Å². The second-order valence-electron chi connectivity index (χ2n) is 5.40. The van der Waals surface area contributed by atoms with Crippen molar-refractivity contribution in [2.75, 3.05) is 11.9 Å². The van der Waals surface area contributed by atoms with Gasteiger partial charge in [0.2, 0.25) is 11.8 Å². The summed E-state index contributed by atoms with van der Waals surface area (Å²) in [6.45, 7) is 2.56. The van der Waals surface area contributed by atoms with E-state index in [2.05, 4.69) is 15.5 Å². The van der Waals surface area contributed by atoms with Gasteiger partial charge in [-0.1, -0.05) is 30.3 Å². The first-order valence-corrected chi connectivity index (χ1v) is 8.11. The monoisotopic (exact) mass is 337 g/mol. The van der Waals surface area contributed by atoms with Crippen LogP contribution in [0.3, 0.4) is 0 Å². The molecular weight excluding hydrogens is 318 g/mol. The third kappa shape index (κ3) is 4.67. The van der Waals surface area contributed by atoms with Crippen molar-refractivity contribution in [3.05, 3.63) is 77.5 Å². The molecule has 6 heteroatoms. The molecule has 0 aliphatic carbocycles. The molecule has 0 saturated carbocycles. The molecule has 2 aromatic carbocycles. The summed E-state index contributed by atoms with van der Waals surface area (Å²) in [7, 11) is 0. The highest BCUT2D eigenvalue weighted by Gasteiger charge is 2.08. The van der Waals surface area contributed by atoms with E-state index in [-0.39, 0.29) is 5.97 Å². The standard InChI is InChI=1S/C19H19N3O3/c1-2-24-19(23)15-8-10-16(11-9-15)20-13-18-22-21-17(25-18)12-14-6-4-3-5-7-14/h3-11,20H,2,12-13H2,1H3. The molecule has 1 N–H and O–H groups in total. The van der Waals surface area contributed by atoms with Gasteiger partial charge in [-0.15, -0.1) is 10.2 Å². The molecule has 0 aliphatic heterocycles. The maximum Gasteiger partial charge on any atom is 0.338 e. The summed E-state index contributed by atoms with van der Waals surface area (Å²) in [6.07, 6.45) is 0.613. The minimum atomic E-state index is -0.323. The fourth-order valence-corrected chi connectivity index (χ4v) is 2.32. The summed E-state index contributed by atoms with van der Waals surface area (Å²) in [6, 6.07) is 17.0. The summed E-state index contributed by atoms with van der Waals surface area (Å²) in [4.78, 5) is 11.6. The van der Waals surface area contributed by atoms with E-state index >= 15 is 0 Å². The van der Waals surface area contributed by atoms with Gasteiger partial charge in [0.05, 0.1) is 25.1 Å². The van der Waals surface area contributed by atoms with E-state index in [0.29, 0.717) is 36.9 Å². The Morgan fingerprint density at radius 1 is 1.04 bits per heavy atom. The molecule has 0 spiro atoms. The van der Waals surface area contributed by atoms with E-state index < -0.39 is 0 Å². The first-order chi connectivity index (χ1) is 12.2. The SMILES string of the molecule is CCOC(=O)c1ccc(NCc2nnc(Cc3ccccc3)o2)cc1. The van der Waals surface area contributed by atoms with Gasteiger partial charge in [-0.3, -0.25) is 0 Å². The lowest BCUT2D eigenvalue weighted by molar-refractivity contribution is 0.0526. The average Bonchev–Trinajstić information content (AvgIpc) is 3.09. The Balaban J connectivity index is 1.54. The molecule has 0 fully saturated rings. The van der Waals surface area contributed by atoms with E-state index in [1.165, 1.54) is 0 Å². The first-order valence-electron chi connectivity index (χ1n) is 8.11. The van der Waals surface area contributed by atoms with Gasteiger partial charge in [0.25, 0.3) is 0 Å². The number of nitrogens with one attached hydrogen (secondary N) is 1. The number of rotatable bonds is 7. The molecule has 0 amide bonds. The number of aromatic nitrogens is 2. The van der Waals surface area contributed by atoms with Crippen molar-refractivity contribution in [3.8, 4) is 0 Å². The van der Waals surface area contributed by atoms with E-state index in [1.807, 2.05) is 42.5 Å². The highest BCUT2D eigenvalue weighted by molar-refractivity contribution is 5.89. The summed E-state index contributed by atoms with van der Waals surface area (Å²) in [5.41, 5.74) is 2.51. The van der Waals surface area contributed by atoms with Gasteiger partial charge in [0, 0.05) is 5.69 Å². The van der Waals surface area contributed by atoms with Crippen molar-refractivity contribution < 1.29 is 13.9 Å². The number of hydrogen-bond acceptors (Lipinski definition) is 6. The largest absolute Gasteiger partial charge is 0.462 e. The number of benzene rings is 2. The number of ether oxygens (including phenoxy) is 1. The van der Waals surface area contributed by atoms with Crippen LogP contribution >= 0.6 is 0 Å². The summed E-state index contributed by atoms with van der Waals surface area (Å²) >= 11 is 0. The summed E-state index contributed by atoms with van der Waals surface area (Å²) in [5, 5.41) is 11.3. The molecule has 0 aliphatic rings. The van der Waals surface area contributed by atoms with Gasteiger partial charge >= 0.3 is 5.97 Å². The molecule has 0 bridgehead atoms. The normalized spacial score (nSPS) is 10.4. The molecular formula is C19H19N3O3. The molecule has 3 rings (SSSR count). The predicted octanol–water partition coefficient (Wildman–Crippen LogP) is 3.45. The van der Waals surface area contributed by atoms with Crippen molar-refractivity contribution in [3.63, 3.8) is 0 Å². The van der Waals surface area contributed by atoms with Crippen LogP contribution in [-0.4, -0.2) is 22.8 Å². The number of carbonyl (C=O) groups excluding carboxylic acids is 1. The fourth-order valence-electron chi connectivity index (χ4n) is 2.32. The zero-order chi connectivity index (χ0) is 17.5. The molecule has 6 nitrogen and oxygen atoms in total. The van der Waals surface area contributed by atoms with Crippen LogP contribution in [0.2, 0.25) is 0 Å². The third-order valence-corrected chi connectivity index (χ3v) is 3.55. The zero-order valence-corrected chi connectivity index (χ0v) is 13.9. The average molecular weight is 337 g/mol. The van der Waals surface area contributed by atoms with Gasteiger partial charge in [-0.05, 0) is 36.8 Å². The zero-order valence-electron chi connectivity index (χ0n) is 13.9. The molecule has 25 heavy (non-hydrogen) atoms. The highest BCUT2D eigenvalue weighted by atomic mass is 16.5. The Hall–Kier alpha value is -3.15. The van der Waals surface area contributed by atoms with Crippen LogP contribution < -0.4 is 5.32 Å². The summed E-state index contributed by atoms with van der Waals surface area (Å²) < 4.78 is 10.6. The smallest absolute Gasteiger partial charge is 0.338 e. The Labute approximate surface area is 145 Å². The van der Waals surface area contributed by atoms with Crippen molar-refractivity contribution >= 4 is 11.7 Å². The number of esters is 1. The van der Waals surface area contributed by atoms with Crippen LogP contribution in [0.15, 0.2) is 59.0 Å². The maximum atomic E-state index is 11.6. The van der Waals surface area contributed by atoms with Crippen molar-refractivity contribution in [1.29, 1.82) is 0 Å². The second kappa shape index (κ2) is 8.10. The van der Waals surface area contributed by atoms with Crippen LogP contribution in [0.5, 0.6) is 0 Å². The number of nitrogens with zero attached hydrogens (tertiary/aromatic N) is 2. The Morgan fingerprint density at radius 2 is 1.76 bits per heavy atom. The molecule has 0 unspecified atom stereocenters. The Kier molecular flexibility index (Phi) is 5.41. The minimum absolute atomic E-state index is 0.323. The number of carbonyl (C=O) groups is 1. The molecule has 0 saturated heterocycles. The first kappa shape index (κ1) is 16.7. The van der Waals surface area contributed by atoms with E-state index in [0.717, 1.165) is 11.3 Å². The van der Waals surface area contributed by atoms with Gasteiger partial charge in [-0.25, -0.2) is 4.79 Å². The van der Waals surface area contributed by atoms with Crippen LogP contribution in [0.1, 0.15) is 34.6 Å². The van der Waals surface area contributed by atoms with Gasteiger partial charge in [0.15, 0.2) is 0 Å². The maximum absolute atomic E-state index is 11.6. The third-order valence-electron chi connectivity index (χ3n) is 3.55. The second-order valence-corrected chi connectivity index (χ2v) is 5.40. The van der Waals surface area contributed by atoms with Crippen molar-refractivity contribution in [1.82, 2.24) is 10.2 Å². The van der Waals surface area contributed by atoms with Crippen molar-refractivity contribution in [2.24, 2.45) is 0 Å². The van der Waals surface area contributed by atoms with E-state index in [9.17, 15) is 4.79 Å². The number of hydrogen-bond donors (Lipinski definition) is 1. The van der Waals surface area contributed by atoms with E-state index in [1.54, 1.807) is 19.1 Å². The van der Waals surface area contributed by atoms with Crippen LogP contribution in [0.25, 0.3) is 0 Å². The molecule has 128 valence electrons. The lowest BCUT2D eigenvalue weighted by Crippen LogP contribution is -2.05. The lowest BCUT2D eigenvalue weighted by atomic mass is 10.2. The Bertz CT molecular complexity index is 813. The van der Waals surface area contributed by atoms with Crippen LogP contribution in [0, 0.1) is 0 Å².